The van der Waals surface area contributed by atoms with E-state index in [0.717, 1.165) is 12.1 Å². The third-order valence-electron chi connectivity index (χ3n) is 2.49. The fourth-order valence-corrected chi connectivity index (χ4v) is 2.66. The minimum absolute atomic E-state index is 0.182. The first-order chi connectivity index (χ1) is 8.16. The van der Waals surface area contributed by atoms with Gasteiger partial charge in [-0.25, -0.2) is 0 Å². The van der Waals surface area contributed by atoms with E-state index in [1.807, 2.05) is 23.8 Å². The number of thiazole rings is 1. The molecular formula is C12H12Cl2N2S. The van der Waals surface area contributed by atoms with Gasteiger partial charge in [0.1, 0.15) is 0 Å². The Kier molecular flexibility index (Phi) is 4.40. The number of benzene rings is 1. The van der Waals surface area contributed by atoms with E-state index in [-0.39, 0.29) is 6.04 Å². The first-order valence-electron chi connectivity index (χ1n) is 5.22. The van der Waals surface area contributed by atoms with Gasteiger partial charge in [0, 0.05) is 33.7 Å². The number of nitrogens with one attached hydrogen (secondary N) is 1. The van der Waals surface area contributed by atoms with E-state index >= 15 is 0 Å². The molecule has 2 aromatic rings. The Labute approximate surface area is 115 Å². The van der Waals surface area contributed by atoms with Gasteiger partial charge in [0.25, 0.3) is 0 Å². The molecule has 90 valence electrons. The molecule has 17 heavy (non-hydrogen) atoms. The number of nitrogens with zero attached hydrogens (tertiary/aromatic N) is 1. The first kappa shape index (κ1) is 12.8. The topological polar surface area (TPSA) is 24.9 Å². The van der Waals surface area contributed by atoms with E-state index in [4.69, 9.17) is 23.2 Å². The zero-order chi connectivity index (χ0) is 12.3. The highest BCUT2D eigenvalue weighted by molar-refractivity contribution is 7.09. The molecule has 0 radical (unpaired) electrons. The highest BCUT2D eigenvalue weighted by atomic mass is 35.5. The summed E-state index contributed by atoms with van der Waals surface area (Å²) in [6.45, 7) is 2.88. The van der Waals surface area contributed by atoms with Crippen molar-refractivity contribution in [2.24, 2.45) is 0 Å². The van der Waals surface area contributed by atoms with E-state index in [1.54, 1.807) is 17.4 Å². The number of halogens is 2. The van der Waals surface area contributed by atoms with Crippen molar-refractivity contribution in [2.75, 3.05) is 0 Å². The summed E-state index contributed by atoms with van der Waals surface area (Å²) in [5.41, 5.74) is 2.89. The summed E-state index contributed by atoms with van der Waals surface area (Å²) in [5, 5.41) is 4.76. The third kappa shape index (κ3) is 3.42. The lowest BCUT2D eigenvalue weighted by Crippen LogP contribution is -2.17. The lowest BCUT2D eigenvalue weighted by Gasteiger charge is -2.15. The molecule has 0 bridgehead atoms. The summed E-state index contributed by atoms with van der Waals surface area (Å²) in [6, 6.07) is 5.76. The number of aromatic nitrogens is 1. The Morgan fingerprint density at radius 3 is 2.88 bits per heavy atom. The molecule has 1 heterocycles. The van der Waals surface area contributed by atoms with Crippen molar-refractivity contribution in [2.45, 2.75) is 19.5 Å². The summed E-state index contributed by atoms with van der Waals surface area (Å²) in [4.78, 5) is 5.25. The molecule has 1 unspecified atom stereocenters. The predicted octanol–water partition coefficient (Wildman–Crippen LogP) is 4.30. The van der Waals surface area contributed by atoms with Crippen LogP contribution in [0.25, 0.3) is 0 Å². The normalized spacial score (nSPS) is 12.6. The van der Waals surface area contributed by atoms with Crippen LogP contribution in [0.5, 0.6) is 0 Å². The zero-order valence-electron chi connectivity index (χ0n) is 9.28. The molecule has 2 nitrogen and oxygen atoms in total. The van der Waals surface area contributed by atoms with Gasteiger partial charge in [0.15, 0.2) is 0 Å². The van der Waals surface area contributed by atoms with Crippen molar-refractivity contribution in [3.05, 3.63) is 50.4 Å². The van der Waals surface area contributed by atoms with Crippen LogP contribution in [0, 0.1) is 0 Å². The molecule has 2 rings (SSSR count). The number of hydrogen-bond acceptors (Lipinski definition) is 3. The van der Waals surface area contributed by atoms with E-state index in [1.165, 1.54) is 4.88 Å². The summed E-state index contributed by atoms with van der Waals surface area (Å²) in [7, 11) is 0. The summed E-state index contributed by atoms with van der Waals surface area (Å²) >= 11 is 13.7. The van der Waals surface area contributed by atoms with E-state index in [9.17, 15) is 0 Å². The second-order valence-electron chi connectivity index (χ2n) is 3.74. The molecular weight excluding hydrogens is 275 g/mol. The fourth-order valence-electron chi connectivity index (χ4n) is 1.55. The summed E-state index contributed by atoms with van der Waals surface area (Å²) in [5.74, 6) is 0. The van der Waals surface area contributed by atoms with Crippen molar-refractivity contribution in [1.29, 1.82) is 0 Å². The van der Waals surface area contributed by atoms with E-state index in [2.05, 4.69) is 17.2 Å². The minimum atomic E-state index is 0.182. The van der Waals surface area contributed by atoms with Gasteiger partial charge in [-0.1, -0.05) is 29.3 Å². The molecule has 0 fully saturated rings. The van der Waals surface area contributed by atoms with Crippen molar-refractivity contribution in [3.8, 4) is 0 Å². The standard InChI is InChI=1S/C12H12Cl2N2S/c1-8(16-6-10-5-15-7-17-10)11-3-2-9(13)4-12(11)14/h2-5,7-8,16H,6H2,1H3. The molecule has 0 saturated heterocycles. The summed E-state index contributed by atoms with van der Waals surface area (Å²) in [6.07, 6.45) is 1.87. The van der Waals surface area contributed by atoms with Gasteiger partial charge in [-0.3, -0.25) is 4.98 Å². The maximum absolute atomic E-state index is 6.15. The van der Waals surface area contributed by atoms with Crippen molar-refractivity contribution in [3.63, 3.8) is 0 Å². The Morgan fingerprint density at radius 1 is 1.41 bits per heavy atom. The highest BCUT2D eigenvalue weighted by Gasteiger charge is 2.09. The van der Waals surface area contributed by atoms with Crippen LogP contribution in [-0.4, -0.2) is 4.98 Å². The Bertz CT molecular complexity index is 485. The lowest BCUT2D eigenvalue weighted by molar-refractivity contribution is 0.578. The third-order valence-corrected chi connectivity index (χ3v) is 3.84. The molecule has 5 heteroatoms. The van der Waals surface area contributed by atoms with Crippen LogP contribution in [0.1, 0.15) is 23.4 Å². The van der Waals surface area contributed by atoms with Crippen molar-refractivity contribution >= 4 is 34.5 Å². The predicted molar refractivity (Wildman–Crippen MR) is 73.8 cm³/mol. The Morgan fingerprint density at radius 2 is 2.24 bits per heavy atom. The molecule has 1 aromatic heterocycles. The lowest BCUT2D eigenvalue weighted by atomic mass is 10.1. The highest BCUT2D eigenvalue weighted by Crippen LogP contribution is 2.26. The second kappa shape index (κ2) is 5.83. The maximum Gasteiger partial charge on any atom is 0.0794 e. The van der Waals surface area contributed by atoms with Gasteiger partial charge in [-0.15, -0.1) is 11.3 Å². The van der Waals surface area contributed by atoms with Gasteiger partial charge in [0.2, 0.25) is 0 Å². The maximum atomic E-state index is 6.15. The molecule has 0 aliphatic heterocycles. The molecule has 0 spiro atoms. The minimum Gasteiger partial charge on any atom is -0.305 e. The van der Waals surface area contributed by atoms with Crippen LogP contribution in [0.15, 0.2) is 29.9 Å². The van der Waals surface area contributed by atoms with E-state index < -0.39 is 0 Å². The molecule has 1 aromatic carbocycles. The monoisotopic (exact) mass is 286 g/mol. The SMILES string of the molecule is CC(NCc1cncs1)c1ccc(Cl)cc1Cl. The van der Waals surface area contributed by atoms with Gasteiger partial charge >= 0.3 is 0 Å². The number of hydrogen-bond donors (Lipinski definition) is 1. The molecule has 0 aliphatic rings. The zero-order valence-corrected chi connectivity index (χ0v) is 11.6. The molecule has 1 atom stereocenters. The largest absolute Gasteiger partial charge is 0.305 e. The van der Waals surface area contributed by atoms with Gasteiger partial charge in [-0.05, 0) is 24.6 Å². The van der Waals surface area contributed by atoms with Crippen LogP contribution >= 0.6 is 34.5 Å². The molecule has 0 aliphatic carbocycles. The smallest absolute Gasteiger partial charge is 0.0794 e. The van der Waals surface area contributed by atoms with Crippen LogP contribution in [-0.2, 0) is 6.54 Å². The molecule has 0 saturated carbocycles. The van der Waals surface area contributed by atoms with Crippen LogP contribution in [0.4, 0.5) is 0 Å². The fraction of sp³-hybridized carbons (Fsp3) is 0.250. The van der Waals surface area contributed by atoms with Crippen LogP contribution in [0.2, 0.25) is 10.0 Å². The molecule has 0 amide bonds. The van der Waals surface area contributed by atoms with Crippen molar-refractivity contribution < 1.29 is 0 Å². The van der Waals surface area contributed by atoms with Crippen LogP contribution < -0.4 is 5.32 Å². The average Bonchev–Trinajstić information content (AvgIpc) is 2.78. The average molecular weight is 287 g/mol. The molecule has 1 N–H and O–H groups in total. The summed E-state index contributed by atoms with van der Waals surface area (Å²) < 4.78 is 0. The van der Waals surface area contributed by atoms with Gasteiger partial charge in [-0.2, -0.15) is 0 Å². The Hall–Kier alpha value is -0.610. The van der Waals surface area contributed by atoms with Gasteiger partial charge in [0.05, 0.1) is 5.51 Å². The van der Waals surface area contributed by atoms with Gasteiger partial charge < -0.3 is 5.32 Å². The van der Waals surface area contributed by atoms with Crippen molar-refractivity contribution in [1.82, 2.24) is 10.3 Å². The Balaban J connectivity index is 2.01. The van der Waals surface area contributed by atoms with E-state index in [0.29, 0.717) is 10.0 Å². The first-order valence-corrected chi connectivity index (χ1v) is 6.86. The number of rotatable bonds is 4. The van der Waals surface area contributed by atoms with Crippen LogP contribution in [0.3, 0.4) is 0 Å². The quantitative estimate of drug-likeness (QED) is 0.906. The second-order valence-corrected chi connectivity index (χ2v) is 5.55.